The summed E-state index contributed by atoms with van der Waals surface area (Å²) in [5, 5.41) is 9.75. The first-order valence-corrected chi connectivity index (χ1v) is 6.38. The number of Topliss-reactive ketones (excluding diaryl/α,β-unsaturated/α-hetero) is 1. The number of fused-ring (bicyclic) bond motifs is 2. The predicted octanol–water partition coefficient (Wildman–Crippen LogP) is 2.74. The van der Waals surface area contributed by atoms with E-state index in [1.807, 2.05) is 0 Å². The minimum absolute atomic E-state index is 0.0772. The van der Waals surface area contributed by atoms with Crippen molar-refractivity contribution in [3.05, 3.63) is 53.3 Å². The zero-order valence-electron chi connectivity index (χ0n) is 10.8. The van der Waals surface area contributed by atoms with Gasteiger partial charge in [0.1, 0.15) is 17.1 Å². The normalized spacial score (nSPS) is 17.0. The van der Waals surface area contributed by atoms with Crippen molar-refractivity contribution in [2.45, 2.75) is 0 Å². The second-order valence-corrected chi connectivity index (χ2v) is 4.70. The number of rotatable bonds is 1. The summed E-state index contributed by atoms with van der Waals surface area (Å²) in [4.78, 5) is 12.2. The van der Waals surface area contributed by atoms with Crippen molar-refractivity contribution in [3.63, 3.8) is 0 Å². The first-order valence-electron chi connectivity index (χ1n) is 6.38. The highest BCUT2D eigenvalue weighted by Gasteiger charge is 2.30. The van der Waals surface area contributed by atoms with E-state index in [9.17, 15) is 9.90 Å². The van der Waals surface area contributed by atoms with E-state index in [-0.39, 0.29) is 29.6 Å². The molecule has 2 aliphatic heterocycles. The van der Waals surface area contributed by atoms with Crippen molar-refractivity contribution in [2.75, 3.05) is 6.79 Å². The van der Waals surface area contributed by atoms with E-state index in [1.165, 1.54) is 6.07 Å². The van der Waals surface area contributed by atoms with Crippen LogP contribution in [0.4, 0.5) is 0 Å². The lowest BCUT2D eigenvalue weighted by Gasteiger charge is -2.00. The van der Waals surface area contributed by atoms with Crippen LogP contribution in [0.1, 0.15) is 15.9 Å². The molecular weight excluding hydrogens is 272 g/mol. The maximum Gasteiger partial charge on any atom is 0.235 e. The molecule has 5 heteroatoms. The first kappa shape index (κ1) is 11.8. The standard InChI is InChI=1S/C16H10O5/c17-10-2-1-3-12-15(10)16(18)14(21-12)7-9-4-5-11-13(6-9)20-8-19-11/h1-7,17H,8H2. The average molecular weight is 282 g/mol. The summed E-state index contributed by atoms with van der Waals surface area (Å²) in [6, 6.07) is 10.1. The lowest BCUT2D eigenvalue weighted by atomic mass is 10.1. The van der Waals surface area contributed by atoms with Gasteiger partial charge in [-0.15, -0.1) is 0 Å². The molecule has 2 aromatic carbocycles. The van der Waals surface area contributed by atoms with Crippen molar-refractivity contribution in [1.29, 1.82) is 0 Å². The van der Waals surface area contributed by atoms with E-state index < -0.39 is 0 Å². The molecule has 0 aromatic heterocycles. The van der Waals surface area contributed by atoms with Gasteiger partial charge in [0.05, 0.1) is 0 Å². The van der Waals surface area contributed by atoms with Crippen LogP contribution in [-0.4, -0.2) is 17.7 Å². The maximum atomic E-state index is 12.2. The largest absolute Gasteiger partial charge is 0.507 e. The van der Waals surface area contributed by atoms with Crippen molar-refractivity contribution < 1.29 is 24.1 Å². The Kier molecular flexibility index (Phi) is 2.41. The Balaban J connectivity index is 1.72. The number of hydrogen-bond acceptors (Lipinski definition) is 5. The predicted molar refractivity (Wildman–Crippen MR) is 73.6 cm³/mol. The Bertz CT molecular complexity index is 791. The molecule has 0 amide bonds. The van der Waals surface area contributed by atoms with Crippen LogP contribution in [0, 0.1) is 0 Å². The second kappa shape index (κ2) is 4.28. The summed E-state index contributed by atoms with van der Waals surface area (Å²) in [6.45, 7) is 0.199. The van der Waals surface area contributed by atoms with Crippen molar-refractivity contribution in [2.24, 2.45) is 0 Å². The van der Waals surface area contributed by atoms with Crippen LogP contribution in [-0.2, 0) is 0 Å². The van der Waals surface area contributed by atoms with Gasteiger partial charge in [-0.25, -0.2) is 0 Å². The van der Waals surface area contributed by atoms with Gasteiger partial charge in [-0.3, -0.25) is 4.79 Å². The summed E-state index contributed by atoms with van der Waals surface area (Å²) >= 11 is 0. The number of phenolic OH excluding ortho intramolecular Hbond substituents is 1. The van der Waals surface area contributed by atoms with Crippen LogP contribution in [0.15, 0.2) is 42.2 Å². The molecule has 104 valence electrons. The van der Waals surface area contributed by atoms with Gasteiger partial charge in [0.2, 0.25) is 12.6 Å². The molecule has 5 nitrogen and oxygen atoms in total. The Labute approximate surface area is 120 Å². The molecule has 2 aliphatic rings. The van der Waals surface area contributed by atoms with Crippen molar-refractivity contribution >= 4 is 11.9 Å². The van der Waals surface area contributed by atoms with Gasteiger partial charge >= 0.3 is 0 Å². The number of hydrogen-bond donors (Lipinski definition) is 1. The van der Waals surface area contributed by atoms with E-state index in [0.29, 0.717) is 17.2 Å². The van der Waals surface area contributed by atoms with Crippen LogP contribution in [0.3, 0.4) is 0 Å². The summed E-state index contributed by atoms with van der Waals surface area (Å²) in [6.07, 6.45) is 1.61. The lowest BCUT2D eigenvalue weighted by Crippen LogP contribution is -1.98. The molecule has 0 saturated heterocycles. The quantitative estimate of drug-likeness (QED) is 0.815. The van der Waals surface area contributed by atoms with Gasteiger partial charge < -0.3 is 19.3 Å². The molecule has 0 radical (unpaired) electrons. The molecule has 21 heavy (non-hydrogen) atoms. The molecule has 0 unspecified atom stereocenters. The van der Waals surface area contributed by atoms with E-state index in [1.54, 1.807) is 36.4 Å². The molecule has 0 saturated carbocycles. The lowest BCUT2D eigenvalue weighted by molar-refractivity contribution is 0.101. The topological polar surface area (TPSA) is 65.0 Å². The number of aromatic hydroxyl groups is 1. The zero-order valence-corrected chi connectivity index (χ0v) is 10.8. The second-order valence-electron chi connectivity index (χ2n) is 4.70. The minimum Gasteiger partial charge on any atom is -0.507 e. The van der Waals surface area contributed by atoms with Gasteiger partial charge in [0.15, 0.2) is 17.3 Å². The van der Waals surface area contributed by atoms with Crippen LogP contribution < -0.4 is 14.2 Å². The van der Waals surface area contributed by atoms with Crippen LogP contribution >= 0.6 is 0 Å². The number of allylic oxidation sites excluding steroid dienone is 1. The molecule has 0 fully saturated rings. The molecule has 0 aliphatic carbocycles. The fourth-order valence-electron chi connectivity index (χ4n) is 2.37. The Morgan fingerprint density at radius 2 is 1.90 bits per heavy atom. The summed E-state index contributed by atoms with van der Waals surface area (Å²) in [5.74, 6) is 1.44. The van der Waals surface area contributed by atoms with Crippen molar-refractivity contribution in [1.82, 2.24) is 0 Å². The number of carbonyl (C=O) groups excluding carboxylic acids is 1. The van der Waals surface area contributed by atoms with Crippen LogP contribution in [0.5, 0.6) is 23.0 Å². The Morgan fingerprint density at radius 3 is 2.76 bits per heavy atom. The van der Waals surface area contributed by atoms with E-state index in [2.05, 4.69) is 0 Å². The molecule has 2 heterocycles. The molecule has 0 spiro atoms. The van der Waals surface area contributed by atoms with E-state index >= 15 is 0 Å². The highest BCUT2D eigenvalue weighted by Crippen LogP contribution is 2.38. The van der Waals surface area contributed by atoms with Gasteiger partial charge in [-0.2, -0.15) is 0 Å². The number of carbonyl (C=O) groups is 1. The summed E-state index contributed by atoms with van der Waals surface area (Å²) in [5.41, 5.74) is 0.958. The van der Waals surface area contributed by atoms with E-state index in [0.717, 1.165) is 5.56 Å². The highest BCUT2D eigenvalue weighted by atomic mass is 16.7. The number of ether oxygens (including phenoxy) is 3. The number of phenols is 1. The smallest absolute Gasteiger partial charge is 0.235 e. The van der Waals surface area contributed by atoms with Gasteiger partial charge in [-0.05, 0) is 35.9 Å². The van der Waals surface area contributed by atoms with Gasteiger partial charge in [0, 0.05) is 0 Å². The van der Waals surface area contributed by atoms with Gasteiger partial charge in [-0.1, -0.05) is 12.1 Å². The summed E-state index contributed by atoms with van der Waals surface area (Å²) in [7, 11) is 0. The van der Waals surface area contributed by atoms with Crippen LogP contribution in [0.25, 0.3) is 6.08 Å². The third kappa shape index (κ3) is 1.82. The minimum atomic E-state index is -0.333. The number of ketones is 1. The monoisotopic (exact) mass is 282 g/mol. The molecule has 0 atom stereocenters. The molecule has 0 bridgehead atoms. The van der Waals surface area contributed by atoms with Crippen molar-refractivity contribution in [3.8, 4) is 23.0 Å². The number of benzene rings is 2. The van der Waals surface area contributed by atoms with Crippen LogP contribution in [0.2, 0.25) is 0 Å². The highest BCUT2D eigenvalue weighted by molar-refractivity contribution is 6.16. The third-order valence-electron chi connectivity index (χ3n) is 3.37. The SMILES string of the molecule is O=C1C(=Cc2ccc3c(c2)OCO3)Oc2cccc(O)c21. The fourth-order valence-corrected chi connectivity index (χ4v) is 2.37. The molecule has 2 aromatic rings. The third-order valence-corrected chi connectivity index (χ3v) is 3.37. The molecular formula is C16H10O5. The average Bonchev–Trinajstić information content (AvgIpc) is 3.05. The fraction of sp³-hybridized carbons (Fsp3) is 0.0625. The van der Waals surface area contributed by atoms with Gasteiger partial charge in [0.25, 0.3) is 0 Å². The maximum absolute atomic E-state index is 12.2. The molecule has 1 N–H and O–H groups in total. The zero-order chi connectivity index (χ0) is 14.4. The van der Waals surface area contributed by atoms with E-state index in [4.69, 9.17) is 14.2 Å². The first-order chi connectivity index (χ1) is 10.2. The molecule has 4 rings (SSSR count). The summed E-state index contributed by atoms with van der Waals surface area (Å²) < 4.78 is 16.0. The Hall–Kier alpha value is -2.95. The Morgan fingerprint density at radius 1 is 1.05 bits per heavy atom.